The largest absolute Gasteiger partial charge is 0.376 e. The first-order valence-electron chi connectivity index (χ1n) is 8.01. The number of β-amino-alcohol motifs (C(OH)–C–C–N with tert-alkyl or cyclic N) is 1. The smallest absolute Gasteiger partial charge is 0.253 e. The van der Waals surface area contributed by atoms with Crippen LogP contribution in [-0.2, 0) is 0 Å². The van der Waals surface area contributed by atoms with Crippen molar-refractivity contribution in [1.29, 1.82) is 0 Å². The van der Waals surface area contributed by atoms with E-state index in [2.05, 4.69) is 34.4 Å². The molecular formula is C20H17ClINO2. The molecule has 25 heavy (non-hydrogen) atoms. The lowest BCUT2D eigenvalue weighted by atomic mass is 9.92. The third kappa shape index (κ3) is 4.75. The molecule has 1 heterocycles. The number of benzene rings is 2. The predicted octanol–water partition coefficient (Wildman–Crippen LogP) is 3.96. The molecule has 1 atom stereocenters. The number of aliphatic hydroxyl groups is 1. The number of likely N-dealkylation sites (tertiary alicyclic amines) is 1. The number of amides is 1. The number of carbonyl (C=O) groups is 1. The molecule has 1 unspecified atom stereocenters. The van der Waals surface area contributed by atoms with Crippen molar-refractivity contribution in [3.63, 3.8) is 0 Å². The molecule has 1 N–H and O–H groups in total. The van der Waals surface area contributed by atoms with Crippen LogP contribution in [0.2, 0.25) is 5.02 Å². The third-order valence-electron chi connectivity index (χ3n) is 4.11. The number of nitrogens with zero attached hydrogens (tertiary/aromatic N) is 1. The van der Waals surface area contributed by atoms with Gasteiger partial charge in [0.05, 0.1) is 6.54 Å². The lowest BCUT2D eigenvalue weighted by molar-refractivity contribution is 0.0153. The molecule has 2 aromatic carbocycles. The zero-order valence-corrected chi connectivity index (χ0v) is 16.4. The molecule has 0 aromatic heterocycles. The summed E-state index contributed by atoms with van der Waals surface area (Å²) in [7, 11) is 0. The first-order chi connectivity index (χ1) is 12.0. The Morgan fingerprint density at radius 3 is 2.72 bits per heavy atom. The summed E-state index contributed by atoms with van der Waals surface area (Å²) >= 11 is 8.17. The second-order valence-electron chi connectivity index (χ2n) is 6.13. The number of hydrogen-bond donors (Lipinski definition) is 1. The van der Waals surface area contributed by atoms with E-state index in [0.29, 0.717) is 23.6 Å². The Bertz CT molecular complexity index is 841. The van der Waals surface area contributed by atoms with Crippen LogP contribution < -0.4 is 0 Å². The van der Waals surface area contributed by atoms with Crippen molar-refractivity contribution in [2.75, 3.05) is 13.1 Å². The van der Waals surface area contributed by atoms with Gasteiger partial charge in [-0.2, -0.15) is 0 Å². The number of carbonyl (C=O) groups excluding carboxylic acids is 1. The van der Waals surface area contributed by atoms with E-state index in [0.717, 1.165) is 15.6 Å². The van der Waals surface area contributed by atoms with E-state index in [1.165, 1.54) is 0 Å². The molecule has 1 saturated heterocycles. The highest BCUT2D eigenvalue weighted by Crippen LogP contribution is 2.23. The number of rotatable bonds is 1. The van der Waals surface area contributed by atoms with Gasteiger partial charge in [-0.05, 0) is 77.9 Å². The second-order valence-corrected chi connectivity index (χ2v) is 7.81. The molecule has 0 spiro atoms. The highest BCUT2D eigenvalue weighted by Gasteiger charge is 2.34. The Morgan fingerprint density at radius 2 is 2.00 bits per heavy atom. The van der Waals surface area contributed by atoms with Gasteiger partial charge >= 0.3 is 0 Å². The maximum Gasteiger partial charge on any atom is 0.253 e. The molecule has 0 bridgehead atoms. The van der Waals surface area contributed by atoms with Crippen molar-refractivity contribution in [3.8, 4) is 11.8 Å². The maximum absolute atomic E-state index is 12.7. The Labute approximate surface area is 166 Å². The van der Waals surface area contributed by atoms with Gasteiger partial charge in [-0.15, -0.1) is 0 Å². The summed E-state index contributed by atoms with van der Waals surface area (Å²) in [5, 5.41) is 11.4. The van der Waals surface area contributed by atoms with Crippen LogP contribution in [0.5, 0.6) is 0 Å². The average molecular weight is 466 g/mol. The van der Waals surface area contributed by atoms with E-state index in [9.17, 15) is 9.90 Å². The van der Waals surface area contributed by atoms with Crippen LogP contribution in [0.1, 0.15) is 28.8 Å². The fraction of sp³-hybridized carbons (Fsp3) is 0.250. The average Bonchev–Trinajstić information content (AvgIpc) is 2.60. The summed E-state index contributed by atoms with van der Waals surface area (Å²) in [6, 6.07) is 14.7. The van der Waals surface area contributed by atoms with Crippen molar-refractivity contribution in [2.45, 2.75) is 18.4 Å². The van der Waals surface area contributed by atoms with Crippen LogP contribution in [0.4, 0.5) is 0 Å². The fourth-order valence-electron chi connectivity index (χ4n) is 2.84. The molecule has 5 heteroatoms. The number of piperidine rings is 1. The lowest BCUT2D eigenvalue weighted by Crippen LogP contribution is -2.49. The normalized spacial score (nSPS) is 19.9. The van der Waals surface area contributed by atoms with Gasteiger partial charge in [0.2, 0.25) is 0 Å². The van der Waals surface area contributed by atoms with E-state index >= 15 is 0 Å². The number of halogens is 2. The lowest BCUT2D eigenvalue weighted by Gasteiger charge is -2.36. The van der Waals surface area contributed by atoms with Crippen molar-refractivity contribution >= 4 is 40.1 Å². The second kappa shape index (κ2) is 7.77. The molecule has 1 aliphatic rings. The predicted molar refractivity (Wildman–Crippen MR) is 108 cm³/mol. The minimum Gasteiger partial charge on any atom is -0.376 e. The van der Waals surface area contributed by atoms with Crippen LogP contribution in [0.15, 0.2) is 48.5 Å². The van der Waals surface area contributed by atoms with Crippen LogP contribution >= 0.6 is 34.2 Å². The zero-order valence-electron chi connectivity index (χ0n) is 13.5. The van der Waals surface area contributed by atoms with Crippen molar-refractivity contribution in [2.24, 2.45) is 0 Å². The van der Waals surface area contributed by atoms with Gasteiger partial charge in [0.25, 0.3) is 5.91 Å². The minimum absolute atomic E-state index is 0.0703. The maximum atomic E-state index is 12.7. The molecule has 0 saturated carbocycles. The monoisotopic (exact) mass is 465 g/mol. The van der Waals surface area contributed by atoms with Crippen LogP contribution in [-0.4, -0.2) is 34.6 Å². The first kappa shape index (κ1) is 18.2. The standard InChI is InChI=1S/C20H17ClINO2/c21-17-4-1-3-15(13-17)9-11-20(25)10-2-12-23(14-20)19(24)16-5-7-18(22)8-6-16/h1,3-8,13,25H,2,10,12,14H2. The summed E-state index contributed by atoms with van der Waals surface area (Å²) in [6.45, 7) is 0.845. The highest BCUT2D eigenvalue weighted by molar-refractivity contribution is 14.1. The van der Waals surface area contributed by atoms with Gasteiger partial charge in [0.15, 0.2) is 0 Å². The summed E-state index contributed by atoms with van der Waals surface area (Å²) in [4.78, 5) is 14.3. The molecule has 3 rings (SSSR count). The molecular weight excluding hydrogens is 449 g/mol. The van der Waals surface area contributed by atoms with Gasteiger partial charge in [-0.25, -0.2) is 0 Å². The molecule has 2 aromatic rings. The SMILES string of the molecule is O=C(c1ccc(I)cc1)N1CCCC(O)(C#Cc2cccc(Cl)c2)C1. The van der Waals surface area contributed by atoms with E-state index in [1.54, 1.807) is 17.0 Å². The Morgan fingerprint density at radius 1 is 1.24 bits per heavy atom. The molecule has 128 valence electrons. The fourth-order valence-corrected chi connectivity index (χ4v) is 3.39. The van der Waals surface area contributed by atoms with Crippen molar-refractivity contribution < 1.29 is 9.90 Å². The first-order valence-corrected chi connectivity index (χ1v) is 9.47. The number of hydrogen-bond acceptors (Lipinski definition) is 2. The van der Waals surface area contributed by atoms with Crippen molar-refractivity contribution in [1.82, 2.24) is 4.90 Å². The molecule has 1 aliphatic heterocycles. The Kier molecular flexibility index (Phi) is 5.67. The molecule has 1 fully saturated rings. The molecule has 0 aliphatic carbocycles. The Balaban J connectivity index is 1.76. The quantitative estimate of drug-likeness (QED) is 0.512. The van der Waals surface area contributed by atoms with Gasteiger partial charge in [-0.3, -0.25) is 4.79 Å². The van der Waals surface area contributed by atoms with E-state index in [4.69, 9.17) is 11.6 Å². The summed E-state index contributed by atoms with van der Waals surface area (Å²) < 4.78 is 1.08. The molecule has 3 nitrogen and oxygen atoms in total. The van der Waals surface area contributed by atoms with Gasteiger partial charge in [0, 0.05) is 26.3 Å². The van der Waals surface area contributed by atoms with Crippen LogP contribution in [0.3, 0.4) is 0 Å². The van der Waals surface area contributed by atoms with E-state index in [-0.39, 0.29) is 12.5 Å². The highest BCUT2D eigenvalue weighted by atomic mass is 127. The summed E-state index contributed by atoms with van der Waals surface area (Å²) in [5.74, 6) is 5.85. The molecule has 0 radical (unpaired) electrons. The van der Waals surface area contributed by atoms with Crippen LogP contribution in [0.25, 0.3) is 0 Å². The topological polar surface area (TPSA) is 40.5 Å². The van der Waals surface area contributed by atoms with Gasteiger partial charge in [0.1, 0.15) is 5.60 Å². The van der Waals surface area contributed by atoms with Gasteiger partial charge < -0.3 is 10.0 Å². The van der Waals surface area contributed by atoms with E-state index < -0.39 is 5.60 Å². The van der Waals surface area contributed by atoms with Gasteiger partial charge in [-0.1, -0.05) is 29.5 Å². The van der Waals surface area contributed by atoms with E-state index in [1.807, 2.05) is 36.4 Å². The third-order valence-corrected chi connectivity index (χ3v) is 5.07. The van der Waals surface area contributed by atoms with Crippen molar-refractivity contribution in [3.05, 3.63) is 68.3 Å². The molecule has 1 amide bonds. The Hall–Kier alpha value is -1.55. The summed E-state index contributed by atoms with van der Waals surface area (Å²) in [5.41, 5.74) is 0.189. The summed E-state index contributed by atoms with van der Waals surface area (Å²) in [6.07, 6.45) is 1.27. The zero-order chi connectivity index (χ0) is 17.9. The van der Waals surface area contributed by atoms with Crippen LogP contribution in [0, 0.1) is 15.4 Å². The minimum atomic E-state index is -1.20.